The molecular formula is C21H30IN5O3. The fourth-order valence-electron chi connectivity index (χ4n) is 2.73. The highest BCUT2D eigenvalue weighted by atomic mass is 127. The molecule has 0 aliphatic heterocycles. The molecule has 0 aliphatic rings. The van der Waals surface area contributed by atoms with Gasteiger partial charge in [-0.15, -0.1) is 24.0 Å². The fraction of sp³-hybridized carbons (Fsp3) is 0.381. The summed E-state index contributed by atoms with van der Waals surface area (Å²) in [4.78, 5) is 22.5. The summed E-state index contributed by atoms with van der Waals surface area (Å²) in [5.74, 6) is 2.61. The van der Waals surface area contributed by atoms with Crippen LogP contribution in [-0.4, -0.2) is 56.6 Å². The first-order valence-corrected chi connectivity index (χ1v) is 9.32. The van der Waals surface area contributed by atoms with Gasteiger partial charge in [-0.25, -0.2) is 4.98 Å². The van der Waals surface area contributed by atoms with Gasteiger partial charge in [0.05, 0.1) is 14.2 Å². The molecule has 1 amide bonds. The van der Waals surface area contributed by atoms with Gasteiger partial charge in [-0.3, -0.25) is 9.79 Å². The lowest BCUT2D eigenvalue weighted by molar-refractivity contribution is -0.116. The fourth-order valence-corrected chi connectivity index (χ4v) is 2.73. The summed E-state index contributed by atoms with van der Waals surface area (Å²) in [6, 6.07) is 9.40. The number of rotatable bonds is 8. The number of hydrogen-bond donors (Lipinski definition) is 2. The molecule has 1 aromatic heterocycles. The molecule has 30 heavy (non-hydrogen) atoms. The van der Waals surface area contributed by atoms with Crippen molar-refractivity contribution in [3.05, 3.63) is 47.7 Å². The van der Waals surface area contributed by atoms with Crippen molar-refractivity contribution in [2.24, 2.45) is 4.99 Å². The Morgan fingerprint density at radius 2 is 1.97 bits per heavy atom. The number of ether oxygens (including phenoxy) is 2. The summed E-state index contributed by atoms with van der Waals surface area (Å²) >= 11 is 0. The molecule has 0 unspecified atom stereocenters. The molecule has 8 nitrogen and oxygen atoms in total. The summed E-state index contributed by atoms with van der Waals surface area (Å²) in [5, 5.41) is 5.99. The lowest BCUT2D eigenvalue weighted by atomic mass is 10.2. The molecule has 2 N–H and O–H groups in total. The highest BCUT2D eigenvalue weighted by Gasteiger charge is 2.12. The standard InChI is InChI=1S/C21H29N5O3.HI/c1-15-6-9-19(24-13-15)25-20(27)10-11-23-21(22-2)26(3)14-16-7-8-17(28-4)12-18(16)29-5;/h6-9,12-13H,10-11,14H2,1-5H3,(H,22,23)(H,24,25,27);1H. The van der Waals surface area contributed by atoms with Crippen LogP contribution in [-0.2, 0) is 11.3 Å². The van der Waals surface area contributed by atoms with Crippen LogP contribution in [0, 0.1) is 6.92 Å². The highest BCUT2D eigenvalue weighted by Crippen LogP contribution is 2.25. The van der Waals surface area contributed by atoms with Crippen LogP contribution in [0.4, 0.5) is 5.82 Å². The summed E-state index contributed by atoms with van der Waals surface area (Å²) < 4.78 is 10.7. The molecule has 0 atom stereocenters. The van der Waals surface area contributed by atoms with Gasteiger partial charge in [0, 0.05) is 51.4 Å². The van der Waals surface area contributed by atoms with Gasteiger partial charge in [0.1, 0.15) is 17.3 Å². The van der Waals surface area contributed by atoms with Crippen molar-refractivity contribution in [3.8, 4) is 11.5 Å². The molecule has 0 fully saturated rings. The van der Waals surface area contributed by atoms with Gasteiger partial charge >= 0.3 is 0 Å². The maximum Gasteiger partial charge on any atom is 0.227 e. The van der Waals surface area contributed by atoms with Crippen LogP contribution in [0.25, 0.3) is 0 Å². The first-order valence-electron chi connectivity index (χ1n) is 9.32. The third-order valence-electron chi connectivity index (χ3n) is 4.29. The summed E-state index contributed by atoms with van der Waals surface area (Å²) in [6.07, 6.45) is 2.02. The van der Waals surface area contributed by atoms with Gasteiger partial charge in [0.25, 0.3) is 0 Å². The molecule has 1 heterocycles. The van der Waals surface area contributed by atoms with Crippen LogP contribution in [0.3, 0.4) is 0 Å². The Hall–Kier alpha value is -2.56. The van der Waals surface area contributed by atoms with Gasteiger partial charge in [-0.1, -0.05) is 6.07 Å². The Morgan fingerprint density at radius 3 is 2.57 bits per heavy atom. The van der Waals surface area contributed by atoms with E-state index < -0.39 is 0 Å². The quantitative estimate of drug-likeness (QED) is 0.312. The van der Waals surface area contributed by atoms with Gasteiger partial charge in [0.2, 0.25) is 5.91 Å². The molecule has 0 saturated heterocycles. The zero-order chi connectivity index (χ0) is 21.2. The largest absolute Gasteiger partial charge is 0.497 e. The van der Waals surface area contributed by atoms with E-state index in [2.05, 4.69) is 20.6 Å². The number of halogens is 1. The summed E-state index contributed by atoms with van der Waals surface area (Å²) in [7, 11) is 6.89. The number of aliphatic imine (C=N–C) groups is 1. The molecule has 0 radical (unpaired) electrons. The maximum absolute atomic E-state index is 12.1. The zero-order valence-electron chi connectivity index (χ0n) is 18.1. The number of amides is 1. The van der Waals surface area contributed by atoms with E-state index in [1.54, 1.807) is 33.5 Å². The number of guanidine groups is 1. The summed E-state index contributed by atoms with van der Waals surface area (Å²) in [6.45, 7) is 2.99. The third-order valence-corrected chi connectivity index (χ3v) is 4.29. The minimum Gasteiger partial charge on any atom is -0.497 e. The maximum atomic E-state index is 12.1. The SMILES string of the molecule is CN=C(NCCC(=O)Nc1ccc(C)cn1)N(C)Cc1ccc(OC)cc1OC.I. The Morgan fingerprint density at radius 1 is 1.20 bits per heavy atom. The second kappa shape index (κ2) is 12.9. The molecule has 2 rings (SSSR count). The van der Waals surface area contributed by atoms with E-state index in [1.807, 2.05) is 43.1 Å². The highest BCUT2D eigenvalue weighted by molar-refractivity contribution is 14.0. The average molecular weight is 527 g/mol. The molecule has 164 valence electrons. The first-order chi connectivity index (χ1) is 14.0. The third kappa shape index (κ3) is 7.69. The lowest BCUT2D eigenvalue weighted by Gasteiger charge is -2.23. The Kier molecular flexibility index (Phi) is 10.9. The number of carbonyl (C=O) groups is 1. The van der Waals surface area contributed by atoms with E-state index >= 15 is 0 Å². The van der Waals surface area contributed by atoms with Crippen molar-refractivity contribution in [1.82, 2.24) is 15.2 Å². The predicted octanol–water partition coefficient (Wildman–Crippen LogP) is 3.06. The second-order valence-corrected chi connectivity index (χ2v) is 6.53. The number of pyridine rings is 1. The van der Waals surface area contributed by atoms with E-state index in [4.69, 9.17) is 9.47 Å². The van der Waals surface area contributed by atoms with E-state index in [9.17, 15) is 4.79 Å². The van der Waals surface area contributed by atoms with Crippen molar-refractivity contribution in [2.45, 2.75) is 19.9 Å². The number of benzene rings is 1. The molecule has 9 heteroatoms. The molecule has 0 saturated carbocycles. The van der Waals surface area contributed by atoms with Crippen LogP contribution in [0.1, 0.15) is 17.5 Å². The predicted molar refractivity (Wildman–Crippen MR) is 130 cm³/mol. The lowest BCUT2D eigenvalue weighted by Crippen LogP contribution is -2.39. The monoisotopic (exact) mass is 527 g/mol. The van der Waals surface area contributed by atoms with Crippen molar-refractivity contribution < 1.29 is 14.3 Å². The van der Waals surface area contributed by atoms with Gasteiger partial charge in [-0.2, -0.15) is 0 Å². The number of nitrogens with one attached hydrogen (secondary N) is 2. The number of methoxy groups -OCH3 is 2. The molecule has 0 spiro atoms. The van der Waals surface area contributed by atoms with E-state index in [1.165, 1.54) is 0 Å². The van der Waals surface area contributed by atoms with Crippen LogP contribution < -0.4 is 20.1 Å². The van der Waals surface area contributed by atoms with E-state index in [-0.39, 0.29) is 29.9 Å². The number of aryl methyl sites for hydroxylation is 1. The Bertz CT molecular complexity index is 843. The van der Waals surface area contributed by atoms with Crippen molar-refractivity contribution in [3.63, 3.8) is 0 Å². The van der Waals surface area contributed by atoms with Crippen LogP contribution >= 0.6 is 24.0 Å². The average Bonchev–Trinajstić information content (AvgIpc) is 2.73. The van der Waals surface area contributed by atoms with Crippen molar-refractivity contribution >= 4 is 41.7 Å². The minimum atomic E-state index is -0.108. The molecule has 0 bridgehead atoms. The summed E-state index contributed by atoms with van der Waals surface area (Å²) in [5.41, 5.74) is 2.05. The van der Waals surface area contributed by atoms with Gasteiger partial charge in [0.15, 0.2) is 5.96 Å². The molecule has 1 aromatic carbocycles. The van der Waals surface area contributed by atoms with Crippen LogP contribution in [0.15, 0.2) is 41.5 Å². The van der Waals surface area contributed by atoms with Gasteiger partial charge in [-0.05, 0) is 30.7 Å². The number of carbonyl (C=O) groups excluding carboxylic acids is 1. The number of nitrogens with zero attached hydrogens (tertiary/aromatic N) is 3. The molecule has 0 aliphatic carbocycles. The van der Waals surface area contributed by atoms with Crippen LogP contribution in [0.5, 0.6) is 11.5 Å². The van der Waals surface area contributed by atoms with E-state index in [0.29, 0.717) is 31.3 Å². The topological polar surface area (TPSA) is 88.1 Å². The minimum absolute atomic E-state index is 0. The second-order valence-electron chi connectivity index (χ2n) is 6.53. The number of aromatic nitrogens is 1. The molecular weight excluding hydrogens is 497 g/mol. The number of anilines is 1. The number of hydrogen-bond acceptors (Lipinski definition) is 5. The Labute approximate surface area is 195 Å². The smallest absolute Gasteiger partial charge is 0.227 e. The van der Waals surface area contributed by atoms with Gasteiger partial charge < -0.3 is 25.0 Å². The first kappa shape index (κ1) is 25.5. The normalized spacial score (nSPS) is 10.6. The van der Waals surface area contributed by atoms with E-state index in [0.717, 1.165) is 22.6 Å². The van der Waals surface area contributed by atoms with Crippen molar-refractivity contribution in [2.75, 3.05) is 40.2 Å². The Balaban J connectivity index is 0.00000450. The van der Waals surface area contributed by atoms with Crippen molar-refractivity contribution in [1.29, 1.82) is 0 Å². The zero-order valence-corrected chi connectivity index (χ0v) is 20.4. The molecule has 2 aromatic rings. The van der Waals surface area contributed by atoms with Crippen LogP contribution in [0.2, 0.25) is 0 Å².